The van der Waals surface area contributed by atoms with Crippen molar-refractivity contribution in [2.24, 2.45) is 0 Å². The molecule has 5 aromatic carbocycles. The molecule has 0 fully saturated rings. The van der Waals surface area contributed by atoms with Gasteiger partial charge in [-0.05, 0) is 75.8 Å². The van der Waals surface area contributed by atoms with Crippen molar-refractivity contribution < 1.29 is 0 Å². The number of anilines is 2. The largest absolute Gasteiger partial charge is 0.356 e. The molecule has 0 aliphatic heterocycles. The van der Waals surface area contributed by atoms with Crippen LogP contribution in [0.5, 0.6) is 0 Å². The Morgan fingerprint density at radius 2 is 1.23 bits per heavy atom. The molecule has 0 radical (unpaired) electrons. The lowest BCUT2D eigenvalue weighted by atomic mass is 9.82. The lowest BCUT2D eigenvalue weighted by Gasteiger charge is -2.22. The fourth-order valence-corrected chi connectivity index (χ4v) is 5.72. The van der Waals surface area contributed by atoms with Gasteiger partial charge < -0.3 is 10.3 Å². The minimum atomic E-state index is 0.00845. The molecule has 0 spiro atoms. The average molecular weight is 451 g/mol. The number of fused-ring (bicyclic) bond motifs is 6. The van der Waals surface area contributed by atoms with E-state index in [0.29, 0.717) is 0 Å². The molecule has 0 bridgehead atoms. The Labute approximate surface area is 205 Å². The molecule has 6 aromatic rings. The average Bonchev–Trinajstić information content (AvgIpc) is 3.37. The van der Waals surface area contributed by atoms with E-state index < -0.39 is 0 Å². The maximum absolute atomic E-state index is 3.62. The van der Waals surface area contributed by atoms with Crippen LogP contribution < -0.4 is 5.32 Å². The molecule has 1 heterocycles. The lowest BCUT2D eigenvalue weighted by Crippen LogP contribution is -2.15. The first-order chi connectivity index (χ1) is 17.1. The van der Waals surface area contributed by atoms with Gasteiger partial charge in [0, 0.05) is 38.6 Å². The van der Waals surface area contributed by atoms with Gasteiger partial charge in [-0.15, -0.1) is 0 Å². The van der Waals surface area contributed by atoms with Crippen LogP contribution in [0, 0.1) is 0 Å². The number of aromatic nitrogens is 1. The summed E-state index contributed by atoms with van der Waals surface area (Å²) in [4.78, 5) is 3.51. The molecule has 1 aliphatic carbocycles. The molecule has 2 N–H and O–H groups in total. The quantitative estimate of drug-likeness (QED) is 0.276. The summed E-state index contributed by atoms with van der Waals surface area (Å²) < 4.78 is 0. The van der Waals surface area contributed by atoms with Crippen LogP contribution in [-0.2, 0) is 5.41 Å². The minimum Gasteiger partial charge on any atom is -0.356 e. The molecule has 1 aliphatic rings. The standard InChI is InChI=1S/C33H26N2/c1-33(2)29-9-5-3-7-25(29)26-17-16-24(20-30(26)33)34-23-14-11-21(12-15-23)22-13-18-32-28(19-22)27-8-4-6-10-31(27)35-32/h3-20,34-35H,1-2H3. The maximum Gasteiger partial charge on any atom is 0.0465 e. The van der Waals surface area contributed by atoms with Crippen molar-refractivity contribution in [3.8, 4) is 22.3 Å². The molecular weight excluding hydrogens is 424 g/mol. The van der Waals surface area contributed by atoms with Gasteiger partial charge in [0.25, 0.3) is 0 Å². The molecule has 0 amide bonds. The molecule has 7 rings (SSSR count). The topological polar surface area (TPSA) is 27.8 Å². The van der Waals surface area contributed by atoms with Crippen LogP contribution in [0.3, 0.4) is 0 Å². The summed E-state index contributed by atoms with van der Waals surface area (Å²) in [5, 5.41) is 6.16. The number of rotatable bonds is 3. The van der Waals surface area contributed by atoms with Crippen molar-refractivity contribution >= 4 is 33.2 Å². The molecule has 2 heteroatoms. The third-order valence-corrected chi connectivity index (χ3v) is 7.60. The van der Waals surface area contributed by atoms with E-state index in [1.54, 1.807) is 0 Å². The molecule has 0 atom stereocenters. The number of H-pyrrole nitrogens is 1. The lowest BCUT2D eigenvalue weighted by molar-refractivity contribution is 0.660. The van der Waals surface area contributed by atoms with Crippen LogP contribution >= 0.6 is 0 Å². The molecule has 2 nitrogen and oxygen atoms in total. The second-order valence-electron chi connectivity index (χ2n) is 10.1. The van der Waals surface area contributed by atoms with Gasteiger partial charge in [0.05, 0.1) is 0 Å². The Bertz CT molecular complexity index is 1740. The molecule has 168 valence electrons. The van der Waals surface area contributed by atoms with E-state index in [4.69, 9.17) is 0 Å². The third kappa shape index (κ3) is 3.10. The zero-order valence-corrected chi connectivity index (χ0v) is 19.9. The maximum atomic E-state index is 3.62. The molecule has 0 saturated heterocycles. The van der Waals surface area contributed by atoms with E-state index in [1.165, 1.54) is 55.2 Å². The van der Waals surface area contributed by atoms with Crippen molar-refractivity contribution in [1.29, 1.82) is 0 Å². The number of nitrogens with one attached hydrogen (secondary N) is 2. The van der Waals surface area contributed by atoms with Gasteiger partial charge in [-0.3, -0.25) is 0 Å². The summed E-state index contributed by atoms with van der Waals surface area (Å²) in [6.45, 7) is 4.64. The van der Waals surface area contributed by atoms with E-state index in [-0.39, 0.29) is 5.41 Å². The Morgan fingerprint density at radius 1 is 0.543 bits per heavy atom. The Morgan fingerprint density at radius 3 is 2.11 bits per heavy atom. The summed E-state index contributed by atoms with van der Waals surface area (Å²) in [6.07, 6.45) is 0. The first-order valence-electron chi connectivity index (χ1n) is 12.2. The van der Waals surface area contributed by atoms with Crippen LogP contribution in [0.2, 0.25) is 0 Å². The summed E-state index contributed by atoms with van der Waals surface area (Å²) in [7, 11) is 0. The molecule has 0 unspecified atom stereocenters. The predicted octanol–water partition coefficient (Wildman–Crippen LogP) is 9.04. The van der Waals surface area contributed by atoms with Gasteiger partial charge in [-0.2, -0.15) is 0 Å². The van der Waals surface area contributed by atoms with Gasteiger partial charge in [-0.25, -0.2) is 0 Å². The third-order valence-electron chi connectivity index (χ3n) is 7.60. The SMILES string of the molecule is CC1(C)c2ccccc2-c2ccc(Nc3ccc(-c4ccc5[nH]c6ccccc6c5c4)cc3)cc21. The highest BCUT2D eigenvalue weighted by atomic mass is 14.9. The highest BCUT2D eigenvalue weighted by Gasteiger charge is 2.35. The van der Waals surface area contributed by atoms with E-state index in [9.17, 15) is 0 Å². The fraction of sp³-hybridized carbons (Fsp3) is 0.0909. The van der Waals surface area contributed by atoms with Gasteiger partial charge >= 0.3 is 0 Å². The molecule has 35 heavy (non-hydrogen) atoms. The van der Waals surface area contributed by atoms with Crippen molar-refractivity contribution in [3.05, 3.63) is 120 Å². The van der Waals surface area contributed by atoms with Gasteiger partial charge in [0.2, 0.25) is 0 Å². The Hall–Kier alpha value is -4.30. The number of hydrogen-bond donors (Lipinski definition) is 2. The number of benzene rings is 5. The summed E-state index contributed by atoms with van der Waals surface area (Å²) >= 11 is 0. The van der Waals surface area contributed by atoms with Crippen LogP contribution in [0.1, 0.15) is 25.0 Å². The smallest absolute Gasteiger partial charge is 0.0465 e. The second kappa shape index (κ2) is 7.35. The monoisotopic (exact) mass is 450 g/mol. The first kappa shape index (κ1) is 20.1. The summed E-state index contributed by atoms with van der Waals surface area (Å²) in [5.41, 5.74) is 12.5. The van der Waals surface area contributed by atoms with E-state index in [0.717, 1.165) is 11.4 Å². The van der Waals surface area contributed by atoms with Crippen molar-refractivity contribution in [2.45, 2.75) is 19.3 Å². The second-order valence-corrected chi connectivity index (χ2v) is 10.1. The number of hydrogen-bond acceptors (Lipinski definition) is 1. The van der Waals surface area contributed by atoms with Gasteiger partial charge in [0.15, 0.2) is 0 Å². The van der Waals surface area contributed by atoms with Crippen molar-refractivity contribution in [3.63, 3.8) is 0 Å². The van der Waals surface area contributed by atoms with Gasteiger partial charge in [0.1, 0.15) is 0 Å². The Balaban J connectivity index is 1.18. The minimum absolute atomic E-state index is 0.00845. The molecule has 0 saturated carbocycles. The normalized spacial score (nSPS) is 13.7. The zero-order valence-electron chi connectivity index (χ0n) is 19.9. The fourth-order valence-electron chi connectivity index (χ4n) is 5.72. The van der Waals surface area contributed by atoms with Crippen molar-refractivity contribution in [1.82, 2.24) is 4.98 Å². The highest BCUT2D eigenvalue weighted by Crippen LogP contribution is 2.49. The molecular formula is C33H26N2. The van der Waals surface area contributed by atoms with E-state index in [1.807, 2.05) is 0 Å². The highest BCUT2D eigenvalue weighted by molar-refractivity contribution is 6.08. The number of para-hydroxylation sites is 1. The van der Waals surface area contributed by atoms with Crippen LogP contribution in [0.4, 0.5) is 11.4 Å². The number of aromatic amines is 1. The van der Waals surface area contributed by atoms with E-state index >= 15 is 0 Å². The van der Waals surface area contributed by atoms with Crippen molar-refractivity contribution in [2.75, 3.05) is 5.32 Å². The zero-order chi connectivity index (χ0) is 23.6. The summed E-state index contributed by atoms with van der Waals surface area (Å²) in [5.74, 6) is 0. The Kier molecular flexibility index (Phi) is 4.22. The predicted molar refractivity (Wildman–Crippen MR) is 149 cm³/mol. The van der Waals surface area contributed by atoms with Crippen LogP contribution in [0.25, 0.3) is 44.1 Å². The van der Waals surface area contributed by atoms with Crippen LogP contribution in [-0.4, -0.2) is 4.98 Å². The summed E-state index contributed by atoms with van der Waals surface area (Å²) in [6, 6.07) is 39.4. The molecule has 1 aromatic heterocycles. The van der Waals surface area contributed by atoms with E-state index in [2.05, 4.69) is 133 Å². The van der Waals surface area contributed by atoms with Crippen LogP contribution in [0.15, 0.2) is 109 Å². The van der Waals surface area contributed by atoms with Gasteiger partial charge in [-0.1, -0.05) is 80.6 Å². The first-order valence-corrected chi connectivity index (χ1v) is 12.2.